The Kier molecular flexibility index (Phi) is 5.66. The highest BCUT2D eigenvalue weighted by atomic mass is 19.4. The molecule has 0 spiro atoms. The van der Waals surface area contributed by atoms with Crippen molar-refractivity contribution in [3.63, 3.8) is 0 Å². The van der Waals surface area contributed by atoms with Gasteiger partial charge in [0.25, 0.3) is 0 Å². The zero-order chi connectivity index (χ0) is 20.5. The predicted molar refractivity (Wildman–Crippen MR) is 91.3 cm³/mol. The monoisotopic (exact) mass is 400 g/mol. The number of piperidine rings is 1. The van der Waals surface area contributed by atoms with Crippen LogP contribution in [0.15, 0.2) is 42.5 Å². The van der Waals surface area contributed by atoms with Crippen molar-refractivity contribution in [1.29, 1.82) is 0 Å². The molecule has 1 amide bonds. The first-order chi connectivity index (χ1) is 13.2. The van der Waals surface area contributed by atoms with Gasteiger partial charge in [0.1, 0.15) is 6.23 Å². The van der Waals surface area contributed by atoms with E-state index in [-0.39, 0.29) is 5.69 Å². The third kappa shape index (κ3) is 4.15. The van der Waals surface area contributed by atoms with Crippen molar-refractivity contribution in [1.82, 2.24) is 5.32 Å². The molecular formula is C19H17F5N2O2. The Morgan fingerprint density at radius 1 is 1.11 bits per heavy atom. The minimum atomic E-state index is -4.49. The van der Waals surface area contributed by atoms with Crippen LogP contribution in [-0.4, -0.2) is 23.8 Å². The van der Waals surface area contributed by atoms with Gasteiger partial charge in [0.05, 0.1) is 17.2 Å². The number of alkyl halides is 3. The molecule has 4 nitrogen and oxygen atoms in total. The predicted octanol–water partition coefficient (Wildman–Crippen LogP) is 3.63. The first-order valence-corrected chi connectivity index (χ1v) is 8.52. The normalized spacial score (nSPS) is 22.7. The van der Waals surface area contributed by atoms with Gasteiger partial charge in [-0.3, -0.25) is 10.1 Å². The van der Waals surface area contributed by atoms with Crippen LogP contribution in [0, 0.1) is 17.6 Å². The largest absolute Gasteiger partial charge is 0.416 e. The van der Waals surface area contributed by atoms with E-state index in [0.29, 0.717) is 18.5 Å². The molecule has 150 valence electrons. The molecule has 2 aromatic rings. The number of carbonyl (C=O) groups excluding carboxylic acids is 1. The van der Waals surface area contributed by atoms with Crippen LogP contribution < -0.4 is 10.6 Å². The molecule has 0 saturated carbocycles. The van der Waals surface area contributed by atoms with E-state index in [1.807, 2.05) is 0 Å². The Morgan fingerprint density at radius 3 is 2.43 bits per heavy atom. The summed E-state index contributed by atoms with van der Waals surface area (Å²) >= 11 is 0. The van der Waals surface area contributed by atoms with E-state index in [9.17, 15) is 31.9 Å². The van der Waals surface area contributed by atoms with Crippen LogP contribution >= 0.6 is 0 Å². The molecule has 1 saturated heterocycles. The van der Waals surface area contributed by atoms with Crippen LogP contribution in [0.4, 0.5) is 27.6 Å². The highest BCUT2D eigenvalue weighted by Gasteiger charge is 2.39. The van der Waals surface area contributed by atoms with Crippen molar-refractivity contribution >= 4 is 11.6 Å². The topological polar surface area (TPSA) is 61.4 Å². The third-order valence-electron chi connectivity index (χ3n) is 4.76. The number of amides is 1. The molecule has 0 bridgehead atoms. The molecule has 0 aliphatic carbocycles. The lowest BCUT2D eigenvalue weighted by molar-refractivity contribution is -0.137. The molecule has 3 atom stereocenters. The number of halogens is 5. The molecular weight excluding hydrogens is 383 g/mol. The van der Waals surface area contributed by atoms with Gasteiger partial charge in [0, 0.05) is 5.92 Å². The van der Waals surface area contributed by atoms with Gasteiger partial charge >= 0.3 is 6.18 Å². The summed E-state index contributed by atoms with van der Waals surface area (Å²) in [5.74, 6) is -4.85. The SMILES string of the molecule is O=C(Nc1cccc(F)c1F)[C@H]1C(O)NCC[C@@H]1c1ccc(C(F)(F)F)cc1. The fraction of sp³-hybridized carbons (Fsp3) is 0.316. The van der Waals surface area contributed by atoms with Crippen LogP contribution in [0.2, 0.25) is 0 Å². The molecule has 1 unspecified atom stereocenters. The Hall–Kier alpha value is -2.52. The van der Waals surface area contributed by atoms with Crippen molar-refractivity contribution in [2.75, 3.05) is 11.9 Å². The minimum absolute atomic E-state index is 0.338. The Balaban J connectivity index is 1.86. The van der Waals surface area contributed by atoms with Gasteiger partial charge in [-0.05, 0) is 42.8 Å². The highest BCUT2D eigenvalue weighted by molar-refractivity contribution is 5.93. The number of carbonyl (C=O) groups is 1. The summed E-state index contributed by atoms with van der Waals surface area (Å²) in [6.07, 6.45) is -5.41. The maximum atomic E-state index is 13.8. The van der Waals surface area contributed by atoms with Gasteiger partial charge in [-0.15, -0.1) is 0 Å². The van der Waals surface area contributed by atoms with Crippen LogP contribution in [0.5, 0.6) is 0 Å². The van der Waals surface area contributed by atoms with Crippen molar-refractivity contribution in [2.45, 2.75) is 24.7 Å². The zero-order valence-electron chi connectivity index (χ0n) is 14.4. The first kappa shape index (κ1) is 20.2. The Bertz CT molecular complexity index is 854. The van der Waals surface area contributed by atoms with E-state index in [2.05, 4.69) is 10.6 Å². The Labute approximate surface area is 157 Å². The van der Waals surface area contributed by atoms with Crippen molar-refractivity contribution in [2.24, 2.45) is 5.92 Å². The summed E-state index contributed by atoms with van der Waals surface area (Å²) in [4.78, 5) is 12.7. The molecule has 9 heteroatoms. The lowest BCUT2D eigenvalue weighted by Crippen LogP contribution is -2.50. The van der Waals surface area contributed by atoms with Gasteiger partial charge in [-0.25, -0.2) is 8.78 Å². The maximum Gasteiger partial charge on any atom is 0.416 e. The number of hydrogen-bond donors (Lipinski definition) is 3. The van der Waals surface area contributed by atoms with Gasteiger partial charge in [-0.2, -0.15) is 13.2 Å². The fourth-order valence-electron chi connectivity index (χ4n) is 3.35. The summed E-state index contributed by atoms with van der Waals surface area (Å²) in [5.41, 5.74) is -0.768. The van der Waals surface area contributed by atoms with E-state index in [1.54, 1.807) is 0 Å². The average molecular weight is 400 g/mol. The maximum absolute atomic E-state index is 13.8. The molecule has 0 aromatic heterocycles. The quantitative estimate of drug-likeness (QED) is 0.690. The van der Waals surface area contributed by atoms with Crippen LogP contribution in [0.25, 0.3) is 0 Å². The van der Waals surface area contributed by atoms with Crippen LogP contribution in [0.3, 0.4) is 0 Å². The first-order valence-electron chi connectivity index (χ1n) is 8.52. The summed E-state index contributed by atoms with van der Waals surface area (Å²) in [5, 5.41) is 15.2. The molecule has 3 rings (SSSR count). The molecule has 1 aliphatic heterocycles. The molecule has 28 heavy (non-hydrogen) atoms. The number of anilines is 1. The molecule has 3 N–H and O–H groups in total. The number of rotatable bonds is 3. The van der Waals surface area contributed by atoms with Gasteiger partial charge in [-0.1, -0.05) is 18.2 Å². The standard InChI is InChI=1S/C19H17F5N2O2/c20-13-2-1-3-14(16(13)21)26-18(28)15-12(8-9-25-17(15)27)10-4-6-11(7-5-10)19(22,23)24/h1-7,12,15,17,25,27H,8-9H2,(H,26,28)/t12-,15-,17?/m1/s1. The van der Waals surface area contributed by atoms with Gasteiger partial charge in [0.15, 0.2) is 11.6 Å². The van der Waals surface area contributed by atoms with Crippen LogP contribution in [-0.2, 0) is 11.0 Å². The molecule has 1 heterocycles. The third-order valence-corrected chi connectivity index (χ3v) is 4.76. The zero-order valence-corrected chi connectivity index (χ0v) is 14.4. The lowest BCUT2D eigenvalue weighted by atomic mass is 9.79. The fourth-order valence-corrected chi connectivity index (χ4v) is 3.35. The molecule has 1 aliphatic rings. The number of benzene rings is 2. The second-order valence-electron chi connectivity index (χ2n) is 6.53. The van der Waals surface area contributed by atoms with Crippen molar-refractivity contribution in [3.05, 3.63) is 65.2 Å². The highest BCUT2D eigenvalue weighted by Crippen LogP contribution is 2.36. The summed E-state index contributed by atoms with van der Waals surface area (Å²) in [7, 11) is 0. The minimum Gasteiger partial charge on any atom is -0.378 e. The van der Waals surface area contributed by atoms with Gasteiger partial charge < -0.3 is 10.4 Å². The number of aliphatic hydroxyl groups is 1. The molecule has 0 radical (unpaired) electrons. The van der Waals surface area contributed by atoms with E-state index in [4.69, 9.17) is 0 Å². The number of aliphatic hydroxyl groups excluding tert-OH is 1. The molecule has 1 fully saturated rings. The second-order valence-corrected chi connectivity index (χ2v) is 6.53. The van der Waals surface area contributed by atoms with E-state index < -0.39 is 47.3 Å². The molecule has 2 aromatic carbocycles. The number of nitrogens with one attached hydrogen (secondary N) is 2. The van der Waals surface area contributed by atoms with Crippen molar-refractivity contribution < 1.29 is 31.9 Å². The summed E-state index contributed by atoms with van der Waals surface area (Å²) in [6.45, 7) is 0.338. The Morgan fingerprint density at radius 2 is 1.79 bits per heavy atom. The summed E-state index contributed by atoms with van der Waals surface area (Å²) < 4.78 is 65.5. The average Bonchev–Trinajstić information content (AvgIpc) is 2.64. The lowest BCUT2D eigenvalue weighted by Gasteiger charge is -2.35. The van der Waals surface area contributed by atoms with E-state index >= 15 is 0 Å². The number of hydrogen-bond acceptors (Lipinski definition) is 3. The van der Waals surface area contributed by atoms with E-state index in [0.717, 1.165) is 18.2 Å². The summed E-state index contributed by atoms with van der Waals surface area (Å²) in [6, 6.07) is 7.62. The smallest absolute Gasteiger partial charge is 0.378 e. The van der Waals surface area contributed by atoms with Crippen LogP contribution in [0.1, 0.15) is 23.5 Å². The van der Waals surface area contributed by atoms with Crippen molar-refractivity contribution in [3.8, 4) is 0 Å². The second kappa shape index (κ2) is 7.84. The van der Waals surface area contributed by atoms with E-state index in [1.165, 1.54) is 24.3 Å². The van der Waals surface area contributed by atoms with Gasteiger partial charge in [0.2, 0.25) is 5.91 Å².